The van der Waals surface area contributed by atoms with E-state index in [-0.39, 0.29) is 36.1 Å². The van der Waals surface area contributed by atoms with Gasteiger partial charge >= 0.3 is 6.09 Å². The van der Waals surface area contributed by atoms with E-state index in [9.17, 15) is 4.79 Å². The number of aryl methyl sites for hydroxylation is 1. The van der Waals surface area contributed by atoms with Gasteiger partial charge in [0.25, 0.3) is 0 Å². The third-order valence-corrected chi connectivity index (χ3v) is 5.05. The Morgan fingerprint density at radius 3 is 2.84 bits per heavy atom. The van der Waals surface area contributed by atoms with Gasteiger partial charge in [-0.1, -0.05) is 0 Å². The standard InChI is InChI=1S/C16H25N5O2S.HI/c1-11-13(24-10-19-11)8-18-14-17-7-12-9-20(5-6-21(12)14)15(22)23-16(2,3)4;/h10,12H,5-9H2,1-4H3,(H,17,18);1H. The van der Waals surface area contributed by atoms with E-state index < -0.39 is 5.60 Å². The lowest BCUT2D eigenvalue weighted by Crippen LogP contribution is -2.57. The number of aliphatic imine (C=N–C) groups is 1. The van der Waals surface area contributed by atoms with Crippen molar-refractivity contribution in [2.75, 3.05) is 26.2 Å². The molecule has 1 aromatic rings. The first-order valence-corrected chi connectivity index (χ1v) is 9.13. The number of ether oxygens (including phenoxy) is 1. The number of hydrogen-bond donors (Lipinski definition) is 1. The highest BCUT2D eigenvalue weighted by atomic mass is 127. The molecule has 9 heteroatoms. The van der Waals surface area contributed by atoms with E-state index in [4.69, 9.17) is 4.74 Å². The summed E-state index contributed by atoms with van der Waals surface area (Å²) in [5.74, 6) is 0.927. The number of nitrogens with zero attached hydrogens (tertiary/aromatic N) is 4. The molecular formula is C16H26IN5O2S. The lowest BCUT2D eigenvalue weighted by atomic mass is 10.2. The molecule has 1 saturated heterocycles. The summed E-state index contributed by atoms with van der Waals surface area (Å²) in [6.07, 6.45) is -0.233. The van der Waals surface area contributed by atoms with Gasteiger partial charge in [0.1, 0.15) is 5.60 Å². The number of carbonyl (C=O) groups excluding carboxylic acids is 1. The zero-order valence-electron chi connectivity index (χ0n) is 15.1. The predicted molar refractivity (Wildman–Crippen MR) is 110 cm³/mol. The van der Waals surface area contributed by atoms with Crippen molar-refractivity contribution < 1.29 is 9.53 Å². The molecule has 140 valence electrons. The summed E-state index contributed by atoms with van der Waals surface area (Å²) >= 11 is 1.66. The summed E-state index contributed by atoms with van der Waals surface area (Å²) in [5.41, 5.74) is 2.47. The molecule has 3 rings (SSSR count). The van der Waals surface area contributed by atoms with Gasteiger partial charge in [0.05, 0.1) is 30.3 Å². The monoisotopic (exact) mass is 479 g/mol. The Bertz CT molecular complexity index is 643. The van der Waals surface area contributed by atoms with Crippen molar-refractivity contribution in [1.29, 1.82) is 0 Å². The number of halogens is 1. The SMILES string of the molecule is Cc1ncsc1CNC1=NCC2CN(C(=O)OC(C)(C)C)CCN12.I. The van der Waals surface area contributed by atoms with Crippen LogP contribution >= 0.6 is 35.3 Å². The maximum Gasteiger partial charge on any atom is 0.410 e. The van der Waals surface area contributed by atoms with E-state index in [0.717, 1.165) is 24.7 Å². The Morgan fingerprint density at radius 2 is 2.20 bits per heavy atom. The van der Waals surface area contributed by atoms with Crippen LogP contribution in [-0.2, 0) is 11.3 Å². The van der Waals surface area contributed by atoms with E-state index in [1.807, 2.05) is 33.2 Å². The minimum atomic E-state index is -0.459. The first-order chi connectivity index (χ1) is 11.3. The number of amides is 1. The summed E-state index contributed by atoms with van der Waals surface area (Å²) in [6, 6.07) is 0.233. The molecule has 0 bridgehead atoms. The summed E-state index contributed by atoms with van der Waals surface area (Å²) in [6.45, 7) is 11.2. The molecule has 1 unspecified atom stereocenters. The van der Waals surface area contributed by atoms with Crippen molar-refractivity contribution >= 4 is 47.4 Å². The van der Waals surface area contributed by atoms with Crippen molar-refractivity contribution in [3.8, 4) is 0 Å². The first-order valence-electron chi connectivity index (χ1n) is 8.25. The number of nitrogens with one attached hydrogen (secondary N) is 1. The third kappa shape index (κ3) is 4.96. The molecule has 25 heavy (non-hydrogen) atoms. The third-order valence-electron chi connectivity index (χ3n) is 4.11. The highest BCUT2D eigenvalue weighted by Gasteiger charge is 2.36. The van der Waals surface area contributed by atoms with E-state index in [1.165, 1.54) is 4.88 Å². The molecule has 7 nitrogen and oxygen atoms in total. The fourth-order valence-electron chi connectivity index (χ4n) is 2.88. The molecule has 0 spiro atoms. The molecule has 0 aromatic carbocycles. The molecule has 0 radical (unpaired) electrons. The average molecular weight is 479 g/mol. The second kappa shape index (κ2) is 8.07. The van der Waals surface area contributed by atoms with Crippen LogP contribution in [0.4, 0.5) is 4.79 Å². The van der Waals surface area contributed by atoms with Crippen molar-refractivity contribution in [1.82, 2.24) is 20.1 Å². The summed E-state index contributed by atoms with van der Waals surface area (Å²) < 4.78 is 5.47. The number of fused-ring (bicyclic) bond motifs is 1. The Kier molecular flexibility index (Phi) is 6.52. The van der Waals surface area contributed by atoms with Gasteiger partial charge in [0.15, 0.2) is 5.96 Å². The maximum atomic E-state index is 12.2. The molecule has 1 amide bonds. The van der Waals surface area contributed by atoms with E-state index in [0.29, 0.717) is 19.6 Å². The highest BCUT2D eigenvalue weighted by Crippen LogP contribution is 2.19. The van der Waals surface area contributed by atoms with Crippen LogP contribution in [0, 0.1) is 6.92 Å². The normalized spacial score (nSPS) is 19.8. The topological polar surface area (TPSA) is 70.1 Å². The lowest BCUT2D eigenvalue weighted by Gasteiger charge is -2.39. The van der Waals surface area contributed by atoms with Crippen LogP contribution in [0.5, 0.6) is 0 Å². The van der Waals surface area contributed by atoms with Crippen LogP contribution in [0.3, 0.4) is 0 Å². The zero-order chi connectivity index (χ0) is 17.3. The van der Waals surface area contributed by atoms with Crippen molar-refractivity contribution in [3.63, 3.8) is 0 Å². The number of carbonyl (C=O) groups is 1. The number of rotatable bonds is 2. The summed E-state index contributed by atoms with van der Waals surface area (Å²) in [7, 11) is 0. The van der Waals surface area contributed by atoms with Gasteiger partial charge in [0.2, 0.25) is 0 Å². The molecule has 2 aliphatic rings. The van der Waals surface area contributed by atoms with Gasteiger partial charge in [-0.05, 0) is 27.7 Å². The van der Waals surface area contributed by atoms with E-state index in [1.54, 1.807) is 16.2 Å². The molecule has 1 fully saturated rings. The van der Waals surface area contributed by atoms with Gasteiger partial charge in [-0.15, -0.1) is 35.3 Å². The molecule has 1 N–H and O–H groups in total. The molecule has 0 aliphatic carbocycles. The van der Waals surface area contributed by atoms with Gasteiger partial charge in [0, 0.05) is 24.5 Å². The summed E-state index contributed by atoms with van der Waals surface area (Å²) in [4.78, 5) is 26.4. The average Bonchev–Trinajstić information content (AvgIpc) is 3.09. The number of hydrogen-bond acceptors (Lipinski definition) is 7. The number of thiazole rings is 1. The zero-order valence-corrected chi connectivity index (χ0v) is 18.3. The molecule has 1 aromatic heterocycles. The molecular weight excluding hydrogens is 453 g/mol. The van der Waals surface area contributed by atoms with Crippen molar-refractivity contribution in [2.24, 2.45) is 4.99 Å². The van der Waals surface area contributed by atoms with Crippen LogP contribution in [-0.4, -0.2) is 64.7 Å². The lowest BCUT2D eigenvalue weighted by molar-refractivity contribution is 0.0137. The molecule has 1 atom stereocenters. The quantitative estimate of drug-likeness (QED) is 0.661. The van der Waals surface area contributed by atoms with Crippen LogP contribution in [0.1, 0.15) is 31.3 Å². The van der Waals surface area contributed by atoms with Crippen LogP contribution < -0.4 is 5.32 Å². The van der Waals surface area contributed by atoms with Crippen LogP contribution in [0.2, 0.25) is 0 Å². The van der Waals surface area contributed by atoms with Gasteiger partial charge in [-0.25, -0.2) is 9.78 Å². The van der Waals surface area contributed by atoms with Crippen LogP contribution in [0.15, 0.2) is 10.5 Å². The fourth-order valence-corrected chi connectivity index (χ4v) is 3.59. The highest BCUT2D eigenvalue weighted by molar-refractivity contribution is 14.0. The van der Waals surface area contributed by atoms with E-state index >= 15 is 0 Å². The fraction of sp³-hybridized carbons (Fsp3) is 0.688. The summed E-state index contributed by atoms with van der Waals surface area (Å²) in [5, 5.41) is 3.42. The maximum absolute atomic E-state index is 12.2. The van der Waals surface area contributed by atoms with Crippen molar-refractivity contribution in [2.45, 2.75) is 45.9 Å². The second-order valence-corrected chi connectivity index (χ2v) is 8.09. The van der Waals surface area contributed by atoms with Gasteiger partial charge in [-0.3, -0.25) is 4.99 Å². The number of guanidine groups is 1. The minimum Gasteiger partial charge on any atom is -0.444 e. The van der Waals surface area contributed by atoms with Crippen LogP contribution in [0.25, 0.3) is 0 Å². The Balaban J connectivity index is 0.00000225. The first kappa shape index (κ1) is 20.2. The minimum absolute atomic E-state index is 0. The molecule has 0 saturated carbocycles. The largest absolute Gasteiger partial charge is 0.444 e. The Labute approximate surface area is 169 Å². The van der Waals surface area contributed by atoms with Gasteiger partial charge in [-0.2, -0.15) is 0 Å². The number of aromatic nitrogens is 1. The Morgan fingerprint density at radius 1 is 1.44 bits per heavy atom. The Hall–Kier alpha value is -1.10. The van der Waals surface area contributed by atoms with E-state index in [2.05, 4.69) is 20.2 Å². The molecule has 3 heterocycles. The molecule has 2 aliphatic heterocycles. The smallest absolute Gasteiger partial charge is 0.410 e. The van der Waals surface area contributed by atoms with Gasteiger partial charge < -0.3 is 19.9 Å². The van der Waals surface area contributed by atoms with Crippen molar-refractivity contribution in [3.05, 3.63) is 16.1 Å². The second-order valence-electron chi connectivity index (χ2n) is 7.15. The number of piperazine rings is 1. The predicted octanol–water partition coefficient (Wildman–Crippen LogP) is 2.45.